The van der Waals surface area contributed by atoms with Gasteiger partial charge in [0.2, 0.25) is 0 Å². The second-order valence-electron chi connectivity index (χ2n) is 1.75. The lowest BCUT2D eigenvalue weighted by molar-refractivity contribution is -0.154. The summed E-state index contributed by atoms with van der Waals surface area (Å²) in [5, 5.41) is 16.5. The van der Waals surface area contributed by atoms with Crippen LogP contribution < -0.4 is 6.15 Å². The van der Waals surface area contributed by atoms with Gasteiger partial charge in [0.25, 0.3) is 0 Å². The highest BCUT2D eigenvalue weighted by Gasteiger charge is 2.23. The minimum atomic E-state index is -1.35. The van der Waals surface area contributed by atoms with Gasteiger partial charge in [-0.3, -0.25) is 9.59 Å². The van der Waals surface area contributed by atoms with E-state index in [1.807, 2.05) is 0 Å². The van der Waals surface area contributed by atoms with Gasteiger partial charge in [-0.25, -0.2) is 0 Å². The predicted octanol–water partition coefficient (Wildman–Crippen LogP) is 0.510. The second kappa shape index (κ2) is 5.43. The Morgan fingerprint density at radius 3 is 1.82 bits per heavy atom. The van der Waals surface area contributed by atoms with Crippen molar-refractivity contribution in [2.75, 3.05) is 0 Å². The van der Waals surface area contributed by atoms with Crippen LogP contribution >= 0.6 is 0 Å². The fourth-order valence-electron chi connectivity index (χ4n) is 0.474. The van der Waals surface area contributed by atoms with Crippen LogP contribution in [0.3, 0.4) is 0 Å². The largest absolute Gasteiger partial charge is 0.481 e. The molecule has 0 aliphatic carbocycles. The molecular formula is C6H11NO4. The number of rotatable bonds is 4. The Morgan fingerprint density at radius 1 is 1.36 bits per heavy atom. The van der Waals surface area contributed by atoms with Gasteiger partial charge in [-0.2, -0.15) is 0 Å². The van der Waals surface area contributed by atoms with Crippen LogP contribution in [0.2, 0.25) is 0 Å². The van der Waals surface area contributed by atoms with Crippen LogP contribution in [-0.2, 0) is 9.59 Å². The molecule has 0 saturated carbocycles. The van der Waals surface area contributed by atoms with Crippen molar-refractivity contribution in [1.82, 2.24) is 6.15 Å². The van der Waals surface area contributed by atoms with Crippen LogP contribution in [0.1, 0.15) is 6.42 Å². The van der Waals surface area contributed by atoms with Gasteiger partial charge in [0.15, 0.2) is 5.92 Å². The molecule has 0 aromatic carbocycles. The first kappa shape index (κ1) is 12.3. The quantitative estimate of drug-likeness (QED) is 0.411. The third kappa shape index (κ3) is 4.10. The zero-order chi connectivity index (χ0) is 8.15. The predicted molar refractivity (Wildman–Crippen MR) is 38.6 cm³/mol. The molecule has 5 heteroatoms. The summed E-state index contributed by atoms with van der Waals surface area (Å²) < 4.78 is 0. The zero-order valence-electron chi connectivity index (χ0n) is 5.99. The number of allylic oxidation sites excluding steroid dienone is 1. The molecule has 64 valence electrons. The van der Waals surface area contributed by atoms with Crippen LogP contribution in [0.5, 0.6) is 0 Å². The lowest BCUT2D eigenvalue weighted by Gasteiger charge is -2.01. The Labute approximate surface area is 63.9 Å². The van der Waals surface area contributed by atoms with Crippen molar-refractivity contribution < 1.29 is 19.8 Å². The second-order valence-corrected chi connectivity index (χ2v) is 1.75. The Morgan fingerprint density at radius 2 is 1.73 bits per heavy atom. The highest BCUT2D eigenvalue weighted by molar-refractivity contribution is 5.92. The van der Waals surface area contributed by atoms with Gasteiger partial charge in [0.05, 0.1) is 0 Å². The van der Waals surface area contributed by atoms with Crippen LogP contribution in [0.4, 0.5) is 0 Å². The maximum absolute atomic E-state index is 10.1. The van der Waals surface area contributed by atoms with E-state index in [4.69, 9.17) is 10.2 Å². The molecule has 0 heterocycles. The van der Waals surface area contributed by atoms with Crippen LogP contribution in [0.15, 0.2) is 12.7 Å². The fraction of sp³-hybridized carbons (Fsp3) is 0.333. The average molecular weight is 161 g/mol. The van der Waals surface area contributed by atoms with Crippen molar-refractivity contribution in [3.05, 3.63) is 12.7 Å². The van der Waals surface area contributed by atoms with E-state index >= 15 is 0 Å². The molecule has 0 saturated heterocycles. The summed E-state index contributed by atoms with van der Waals surface area (Å²) >= 11 is 0. The van der Waals surface area contributed by atoms with E-state index in [0.29, 0.717) is 0 Å². The topological polar surface area (TPSA) is 110 Å². The van der Waals surface area contributed by atoms with E-state index in [0.717, 1.165) is 0 Å². The molecule has 0 aliphatic rings. The summed E-state index contributed by atoms with van der Waals surface area (Å²) in [7, 11) is 0. The number of aliphatic carboxylic acids is 2. The molecule has 0 aromatic heterocycles. The van der Waals surface area contributed by atoms with Crippen molar-refractivity contribution in [1.29, 1.82) is 0 Å². The van der Waals surface area contributed by atoms with Gasteiger partial charge in [0.1, 0.15) is 0 Å². The van der Waals surface area contributed by atoms with Crippen molar-refractivity contribution >= 4 is 11.9 Å². The van der Waals surface area contributed by atoms with E-state index in [1.165, 1.54) is 6.08 Å². The lowest BCUT2D eigenvalue weighted by atomic mass is 10.1. The first-order chi connectivity index (χ1) is 4.59. The molecule has 0 atom stereocenters. The number of carbonyl (C=O) groups is 2. The van der Waals surface area contributed by atoms with Gasteiger partial charge in [-0.15, -0.1) is 6.58 Å². The Bertz CT molecular complexity index is 152. The van der Waals surface area contributed by atoms with E-state index < -0.39 is 17.9 Å². The maximum Gasteiger partial charge on any atom is 0.318 e. The standard InChI is InChI=1S/C6H8O4.H3N/c1-2-3-4(5(7)8)6(9)10;/h2,4H,1,3H2,(H,7,8)(H,9,10);1H3. The zero-order valence-corrected chi connectivity index (χ0v) is 5.99. The molecule has 5 nitrogen and oxygen atoms in total. The number of hydrogen-bond donors (Lipinski definition) is 3. The van der Waals surface area contributed by atoms with Gasteiger partial charge in [-0.05, 0) is 6.42 Å². The first-order valence-corrected chi connectivity index (χ1v) is 2.66. The van der Waals surface area contributed by atoms with E-state index in [1.54, 1.807) is 0 Å². The van der Waals surface area contributed by atoms with Crippen molar-refractivity contribution in [2.45, 2.75) is 6.42 Å². The molecule has 0 amide bonds. The minimum absolute atomic E-state index is 0. The molecule has 0 rings (SSSR count). The Hall–Kier alpha value is -1.36. The molecular weight excluding hydrogens is 150 g/mol. The molecule has 0 radical (unpaired) electrons. The van der Waals surface area contributed by atoms with E-state index in [2.05, 4.69) is 6.58 Å². The highest BCUT2D eigenvalue weighted by Crippen LogP contribution is 2.03. The highest BCUT2D eigenvalue weighted by atomic mass is 16.4. The molecule has 0 aliphatic heterocycles. The third-order valence-electron chi connectivity index (χ3n) is 0.999. The van der Waals surface area contributed by atoms with Crippen LogP contribution in [0.25, 0.3) is 0 Å². The Kier molecular flexibility index (Phi) is 6.08. The van der Waals surface area contributed by atoms with E-state index in [9.17, 15) is 9.59 Å². The number of hydrogen-bond acceptors (Lipinski definition) is 3. The lowest BCUT2D eigenvalue weighted by Crippen LogP contribution is -2.22. The molecule has 0 aromatic rings. The summed E-state index contributed by atoms with van der Waals surface area (Å²) in [5.74, 6) is -4.00. The summed E-state index contributed by atoms with van der Waals surface area (Å²) in [5.41, 5.74) is 0. The molecule has 11 heavy (non-hydrogen) atoms. The van der Waals surface area contributed by atoms with Gasteiger partial charge in [-0.1, -0.05) is 6.08 Å². The molecule has 5 N–H and O–H groups in total. The van der Waals surface area contributed by atoms with Crippen LogP contribution in [0, 0.1) is 5.92 Å². The van der Waals surface area contributed by atoms with Crippen molar-refractivity contribution in [3.63, 3.8) is 0 Å². The average Bonchev–Trinajstić information content (AvgIpc) is 1.81. The van der Waals surface area contributed by atoms with Crippen molar-refractivity contribution in [2.24, 2.45) is 5.92 Å². The van der Waals surface area contributed by atoms with Crippen molar-refractivity contribution in [3.8, 4) is 0 Å². The molecule has 0 spiro atoms. The van der Waals surface area contributed by atoms with Gasteiger partial charge >= 0.3 is 11.9 Å². The fourth-order valence-corrected chi connectivity index (χ4v) is 0.474. The summed E-state index contributed by atoms with van der Waals surface area (Å²) in [4.78, 5) is 20.2. The normalized spacial score (nSPS) is 8.45. The van der Waals surface area contributed by atoms with Crippen LogP contribution in [-0.4, -0.2) is 22.2 Å². The van der Waals surface area contributed by atoms with Gasteiger partial charge < -0.3 is 16.4 Å². The van der Waals surface area contributed by atoms with E-state index in [-0.39, 0.29) is 12.6 Å². The summed E-state index contributed by atoms with van der Waals surface area (Å²) in [6.45, 7) is 3.24. The van der Waals surface area contributed by atoms with Gasteiger partial charge in [0, 0.05) is 0 Å². The maximum atomic E-state index is 10.1. The SMILES string of the molecule is C=CCC(C(=O)O)C(=O)O.N. The first-order valence-electron chi connectivity index (χ1n) is 2.66. The Balaban J connectivity index is 0. The monoisotopic (exact) mass is 161 g/mol. The molecule has 0 fully saturated rings. The third-order valence-corrected chi connectivity index (χ3v) is 0.999. The smallest absolute Gasteiger partial charge is 0.318 e. The number of carboxylic acid groups (broad SMARTS) is 2. The molecule has 0 unspecified atom stereocenters. The summed E-state index contributed by atoms with van der Waals surface area (Å²) in [6.07, 6.45) is 1.23. The summed E-state index contributed by atoms with van der Waals surface area (Å²) in [6, 6.07) is 0. The molecule has 0 bridgehead atoms. The number of carboxylic acids is 2. The minimum Gasteiger partial charge on any atom is -0.481 e.